The van der Waals surface area contributed by atoms with Gasteiger partial charge in [0.05, 0.1) is 24.8 Å². The summed E-state index contributed by atoms with van der Waals surface area (Å²) < 4.78 is 43.8. The molecule has 1 unspecified atom stereocenters. The first-order valence-corrected chi connectivity index (χ1v) is 8.23. The van der Waals surface area contributed by atoms with E-state index >= 15 is 0 Å². The zero-order chi connectivity index (χ0) is 19.3. The smallest absolute Gasteiger partial charge is 0.416 e. The number of carbonyl (C=O) groups is 2. The van der Waals surface area contributed by atoms with Crippen LogP contribution in [0.25, 0.3) is 0 Å². The van der Waals surface area contributed by atoms with Crippen LogP contribution in [0.4, 0.5) is 13.2 Å². The molecule has 1 heterocycles. The minimum Gasteiger partial charge on any atom is -0.493 e. The van der Waals surface area contributed by atoms with Gasteiger partial charge in [-0.25, -0.2) is 0 Å². The topological polar surface area (TPSA) is 100 Å². The summed E-state index contributed by atoms with van der Waals surface area (Å²) >= 11 is 0.888. The highest BCUT2D eigenvalue weighted by molar-refractivity contribution is 8.15. The first kappa shape index (κ1) is 19.8. The molecule has 0 spiro atoms. The van der Waals surface area contributed by atoms with Crippen molar-refractivity contribution in [3.63, 3.8) is 0 Å². The molecule has 2 N–H and O–H groups in total. The maximum absolute atomic E-state index is 12.8. The van der Waals surface area contributed by atoms with Gasteiger partial charge in [0.15, 0.2) is 5.17 Å². The number of aliphatic carboxylic acids is 1. The van der Waals surface area contributed by atoms with E-state index in [4.69, 9.17) is 9.84 Å². The molecule has 1 fully saturated rings. The Morgan fingerprint density at radius 1 is 1.46 bits per heavy atom. The van der Waals surface area contributed by atoms with Gasteiger partial charge in [0, 0.05) is 5.56 Å². The number of benzene rings is 1. The van der Waals surface area contributed by atoms with Gasteiger partial charge in [0.2, 0.25) is 5.91 Å². The lowest BCUT2D eigenvalue weighted by Crippen LogP contribution is -2.26. The number of rotatable bonds is 6. The fourth-order valence-electron chi connectivity index (χ4n) is 2.00. The average Bonchev–Trinajstić information content (AvgIpc) is 2.87. The standard InChI is InChI=1S/C15H14F3N3O4S/c1-2-25-10-4-3-9(15(16,17)18)5-8(10)7-19-21-14-20-13(24)11(26-14)6-12(22)23/h3-5,7,11H,2,6H2,1H3,(H,22,23)(H,20,21,24). The predicted molar refractivity (Wildman–Crippen MR) is 89.4 cm³/mol. The third-order valence-electron chi connectivity index (χ3n) is 3.12. The molecule has 0 aliphatic carbocycles. The molecule has 1 amide bonds. The monoisotopic (exact) mass is 389 g/mol. The van der Waals surface area contributed by atoms with Gasteiger partial charge in [-0.15, -0.1) is 5.10 Å². The van der Waals surface area contributed by atoms with Crippen molar-refractivity contribution in [1.82, 2.24) is 5.32 Å². The van der Waals surface area contributed by atoms with Crippen LogP contribution in [0.2, 0.25) is 0 Å². The second-order valence-corrected chi connectivity index (χ2v) is 6.22. The molecule has 11 heteroatoms. The Hall–Kier alpha value is -2.56. The number of alkyl halides is 3. The molecule has 1 aromatic carbocycles. The molecule has 1 atom stereocenters. The van der Waals surface area contributed by atoms with Crippen LogP contribution in [0, 0.1) is 0 Å². The zero-order valence-electron chi connectivity index (χ0n) is 13.4. The normalized spacial score (nSPS) is 19.2. The number of carboxylic acid groups (broad SMARTS) is 1. The van der Waals surface area contributed by atoms with Gasteiger partial charge in [-0.3, -0.25) is 9.59 Å². The minimum atomic E-state index is -4.52. The molecule has 0 saturated carbocycles. The molecule has 1 aromatic rings. The molecule has 0 bridgehead atoms. The maximum atomic E-state index is 12.8. The lowest BCUT2D eigenvalue weighted by Gasteiger charge is -2.11. The molecule has 2 rings (SSSR count). The number of carboxylic acids is 1. The number of nitrogens with zero attached hydrogens (tertiary/aromatic N) is 2. The van der Waals surface area contributed by atoms with Crippen LogP contribution >= 0.6 is 11.8 Å². The van der Waals surface area contributed by atoms with E-state index < -0.39 is 28.9 Å². The molecular formula is C15H14F3N3O4S. The van der Waals surface area contributed by atoms with Crippen molar-refractivity contribution in [2.75, 3.05) is 6.61 Å². The lowest BCUT2D eigenvalue weighted by atomic mass is 10.1. The van der Waals surface area contributed by atoms with Crippen molar-refractivity contribution in [3.05, 3.63) is 29.3 Å². The van der Waals surface area contributed by atoms with Gasteiger partial charge in [-0.1, -0.05) is 11.8 Å². The minimum absolute atomic E-state index is 0.0717. The predicted octanol–water partition coefficient (Wildman–Crippen LogP) is 2.50. The number of ether oxygens (including phenoxy) is 1. The van der Waals surface area contributed by atoms with Gasteiger partial charge in [-0.05, 0) is 25.1 Å². The SMILES string of the molecule is CCOc1ccc(C(F)(F)F)cc1C=NN=C1NC(=O)C(CC(=O)O)S1. The van der Waals surface area contributed by atoms with Gasteiger partial charge in [-0.2, -0.15) is 18.3 Å². The van der Waals surface area contributed by atoms with E-state index in [0.29, 0.717) is 0 Å². The molecule has 7 nitrogen and oxygen atoms in total. The van der Waals surface area contributed by atoms with Gasteiger partial charge in [0.1, 0.15) is 11.0 Å². The summed E-state index contributed by atoms with van der Waals surface area (Å²) in [6.45, 7) is 1.94. The third kappa shape index (κ3) is 5.22. The second kappa shape index (κ2) is 8.21. The molecule has 26 heavy (non-hydrogen) atoms. The number of amidine groups is 1. The van der Waals surface area contributed by atoms with Gasteiger partial charge < -0.3 is 15.2 Å². The molecule has 0 aromatic heterocycles. The van der Waals surface area contributed by atoms with Crippen LogP contribution in [-0.2, 0) is 15.8 Å². The van der Waals surface area contributed by atoms with E-state index in [0.717, 1.165) is 30.1 Å². The number of nitrogens with one attached hydrogen (secondary N) is 1. The molecule has 1 saturated heterocycles. The van der Waals surface area contributed by atoms with E-state index in [9.17, 15) is 22.8 Å². The Morgan fingerprint density at radius 2 is 2.19 bits per heavy atom. The highest BCUT2D eigenvalue weighted by Crippen LogP contribution is 2.32. The van der Waals surface area contributed by atoms with Crippen molar-refractivity contribution >= 4 is 35.0 Å². The van der Waals surface area contributed by atoms with E-state index in [2.05, 4.69) is 15.5 Å². The van der Waals surface area contributed by atoms with E-state index in [-0.39, 0.29) is 29.5 Å². The summed E-state index contributed by atoms with van der Waals surface area (Å²) in [5, 5.41) is 17.7. The average molecular weight is 389 g/mol. The van der Waals surface area contributed by atoms with Crippen molar-refractivity contribution in [1.29, 1.82) is 0 Å². The van der Waals surface area contributed by atoms with Gasteiger partial charge >= 0.3 is 12.1 Å². The van der Waals surface area contributed by atoms with E-state index in [1.54, 1.807) is 6.92 Å². The van der Waals surface area contributed by atoms with Crippen molar-refractivity contribution < 1.29 is 32.6 Å². The first-order chi connectivity index (χ1) is 12.2. The molecular weight excluding hydrogens is 375 g/mol. The Morgan fingerprint density at radius 3 is 2.81 bits per heavy atom. The highest BCUT2D eigenvalue weighted by Gasteiger charge is 2.32. The lowest BCUT2D eigenvalue weighted by molar-refractivity contribution is -0.138. The summed E-state index contributed by atoms with van der Waals surface area (Å²) in [6.07, 6.45) is -3.82. The molecule has 1 aliphatic rings. The molecule has 0 radical (unpaired) electrons. The van der Waals surface area contributed by atoms with Crippen molar-refractivity contribution in [2.24, 2.45) is 10.2 Å². The summed E-state index contributed by atoms with van der Waals surface area (Å²) in [6, 6.07) is 2.97. The van der Waals surface area contributed by atoms with Crippen LogP contribution in [0.1, 0.15) is 24.5 Å². The van der Waals surface area contributed by atoms with Crippen LogP contribution in [0.5, 0.6) is 5.75 Å². The van der Waals surface area contributed by atoms with Crippen LogP contribution in [0.15, 0.2) is 28.4 Å². The number of hydrogen-bond acceptors (Lipinski definition) is 6. The van der Waals surface area contributed by atoms with Crippen molar-refractivity contribution in [2.45, 2.75) is 24.8 Å². The zero-order valence-corrected chi connectivity index (χ0v) is 14.2. The summed E-state index contributed by atoms with van der Waals surface area (Å²) in [7, 11) is 0. The number of carbonyl (C=O) groups excluding carboxylic acids is 1. The number of hydrogen-bond donors (Lipinski definition) is 2. The summed E-state index contributed by atoms with van der Waals surface area (Å²) in [5.41, 5.74) is -0.789. The quantitative estimate of drug-likeness (QED) is 0.575. The largest absolute Gasteiger partial charge is 0.493 e. The Balaban J connectivity index is 2.19. The Labute approximate surface area is 150 Å². The van der Waals surface area contributed by atoms with Crippen molar-refractivity contribution in [3.8, 4) is 5.75 Å². The Kier molecular flexibility index (Phi) is 6.24. The number of thioether (sulfide) groups is 1. The Bertz CT molecular complexity index is 765. The number of amides is 1. The van der Waals surface area contributed by atoms with Crippen LogP contribution in [-0.4, -0.2) is 40.2 Å². The fourth-order valence-corrected chi connectivity index (χ4v) is 2.92. The number of halogens is 3. The maximum Gasteiger partial charge on any atom is 0.416 e. The summed E-state index contributed by atoms with van der Waals surface area (Å²) in [5.74, 6) is -1.44. The van der Waals surface area contributed by atoms with Crippen LogP contribution < -0.4 is 10.1 Å². The third-order valence-corrected chi connectivity index (χ3v) is 4.19. The van der Waals surface area contributed by atoms with E-state index in [1.165, 1.54) is 6.07 Å². The molecule has 140 valence electrons. The second-order valence-electron chi connectivity index (χ2n) is 5.03. The molecule has 1 aliphatic heterocycles. The van der Waals surface area contributed by atoms with Gasteiger partial charge in [0.25, 0.3) is 0 Å². The first-order valence-electron chi connectivity index (χ1n) is 7.35. The van der Waals surface area contributed by atoms with Crippen LogP contribution in [0.3, 0.4) is 0 Å². The highest BCUT2D eigenvalue weighted by atomic mass is 32.2. The van der Waals surface area contributed by atoms with E-state index in [1.807, 2.05) is 0 Å². The fraction of sp³-hybridized carbons (Fsp3) is 0.333. The summed E-state index contributed by atoms with van der Waals surface area (Å²) in [4.78, 5) is 22.2.